The number of amides is 1. The van der Waals surface area contributed by atoms with E-state index in [1.807, 2.05) is 30.3 Å². The van der Waals surface area contributed by atoms with E-state index in [1.165, 1.54) is 12.1 Å². The Morgan fingerprint density at radius 2 is 1.50 bits per heavy atom. The number of nitrogens with zero attached hydrogens (tertiary/aromatic N) is 2. The van der Waals surface area contributed by atoms with Crippen molar-refractivity contribution in [2.45, 2.75) is 23.8 Å². The van der Waals surface area contributed by atoms with E-state index in [1.54, 1.807) is 36.4 Å². The quantitative estimate of drug-likeness (QED) is 0.537. The van der Waals surface area contributed by atoms with Crippen molar-refractivity contribution in [3.05, 3.63) is 84.4 Å². The van der Waals surface area contributed by atoms with Crippen LogP contribution < -0.4 is 10.0 Å². The normalized spacial score (nSPS) is 14.0. The summed E-state index contributed by atoms with van der Waals surface area (Å²) in [5, 5.41) is 11.1. The van der Waals surface area contributed by atoms with Gasteiger partial charge in [0.2, 0.25) is 10.0 Å². The topological polar surface area (TPSA) is 100.0 Å². The fraction of sp³-hybridized carbons (Fsp3) is 0.136. The van der Waals surface area contributed by atoms with Gasteiger partial charge in [0.15, 0.2) is 0 Å². The number of azo groups is 1. The Morgan fingerprint density at radius 1 is 0.833 bits per heavy atom. The molecular weight excluding hydrogens is 400 g/mol. The molecule has 152 valence electrons. The highest BCUT2D eigenvalue weighted by molar-refractivity contribution is 7.89. The minimum absolute atomic E-state index is 0.00466. The number of carbonyl (C=O) groups excluding carboxylic acids is 1. The van der Waals surface area contributed by atoms with Crippen LogP contribution in [0.4, 0.5) is 17.1 Å². The highest BCUT2D eigenvalue weighted by Crippen LogP contribution is 2.23. The molecule has 0 bridgehead atoms. The van der Waals surface area contributed by atoms with Crippen LogP contribution in [0.3, 0.4) is 0 Å². The fourth-order valence-corrected chi connectivity index (χ4v) is 4.07. The molecule has 0 aliphatic heterocycles. The maximum Gasteiger partial charge on any atom is 0.255 e. The first kappa shape index (κ1) is 19.9. The molecule has 7 nitrogen and oxygen atoms in total. The van der Waals surface area contributed by atoms with Crippen molar-refractivity contribution in [2.75, 3.05) is 5.32 Å². The molecule has 1 amide bonds. The molecule has 4 rings (SSSR count). The zero-order valence-electron chi connectivity index (χ0n) is 16.0. The molecule has 0 aromatic heterocycles. The maximum absolute atomic E-state index is 12.6. The standard InChI is InChI=1S/C22H20N4O3S/c27-22(16-5-4-8-21(15-16)30(28,29)26-20-13-14-20)23-17-9-11-19(12-10-17)25-24-18-6-2-1-3-7-18/h1-12,15,20,26H,13-14H2,(H,23,27). The largest absolute Gasteiger partial charge is 0.322 e. The third kappa shape index (κ3) is 5.16. The summed E-state index contributed by atoms with van der Waals surface area (Å²) in [5.41, 5.74) is 2.24. The lowest BCUT2D eigenvalue weighted by atomic mass is 10.2. The summed E-state index contributed by atoms with van der Waals surface area (Å²) in [6.07, 6.45) is 1.70. The van der Waals surface area contributed by atoms with E-state index >= 15 is 0 Å². The number of hydrogen-bond acceptors (Lipinski definition) is 5. The summed E-state index contributed by atoms with van der Waals surface area (Å²) in [6.45, 7) is 0. The van der Waals surface area contributed by atoms with Crippen molar-refractivity contribution >= 4 is 33.0 Å². The average molecular weight is 420 g/mol. The van der Waals surface area contributed by atoms with Gasteiger partial charge in [0.25, 0.3) is 5.91 Å². The maximum atomic E-state index is 12.6. The van der Waals surface area contributed by atoms with Crippen LogP contribution in [0.15, 0.2) is 94.0 Å². The smallest absolute Gasteiger partial charge is 0.255 e. The number of sulfonamides is 1. The van der Waals surface area contributed by atoms with E-state index in [9.17, 15) is 13.2 Å². The highest BCUT2D eigenvalue weighted by Gasteiger charge is 2.28. The van der Waals surface area contributed by atoms with Gasteiger partial charge in [0, 0.05) is 17.3 Å². The molecule has 2 N–H and O–H groups in total. The molecule has 3 aromatic rings. The van der Waals surface area contributed by atoms with Crippen LogP contribution >= 0.6 is 0 Å². The minimum Gasteiger partial charge on any atom is -0.322 e. The number of benzene rings is 3. The van der Waals surface area contributed by atoms with Crippen LogP contribution in [0.2, 0.25) is 0 Å². The molecule has 1 aliphatic carbocycles. The van der Waals surface area contributed by atoms with E-state index in [4.69, 9.17) is 0 Å². The molecule has 0 saturated heterocycles. The van der Waals surface area contributed by atoms with Gasteiger partial charge in [0.1, 0.15) is 0 Å². The van der Waals surface area contributed by atoms with E-state index < -0.39 is 15.9 Å². The lowest BCUT2D eigenvalue weighted by Crippen LogP contribution is -2.26. The average Bonchev–Trinajstić information content (AvgIpc) is 3.57. The second-order valence-corrected chi connectivity index (χ2v) is 8.67. The molecule has 1 fully saturated rings. The lowest BCUT2D eigenvalue weighted by Gasteiger charge is -2.08. The predicted octanol–water partition coefficient (Wildman–Crippen LogP) is 4.80. The molecule has 0 unspecified atom stereocenters. The van der Waals surface area contributed by atoms with Crippen LogP contribution in [0.25, 0.3) is 0 Å². The second kappa shape index (κ2) is 8.56. The highest BCUT2D eigenvalue weighted by atomic mass is 32.2. The van der Waals surface area contributed by atoms with Crippen LogP contribution in [-0.4, -0.2) is 20.4 Å². The summed E-state index contributed by atoms with van der Waals surface area (Å²) in [7, 11) is -3.61. The first-order valence-electron chi connectivity index (χ1n) is 9.50. The van der Waals surface area contributed by atoms with Gasteiger partial charge in [-0.15, -0.1) is 0 Å². The van der Waals surface area contributed by atoms with Gasteiger partial charge in [0.05, 0.1) is 16.3 Å². The first-order valence-corrected chi connectivity index (χ1v) is 11.0. The van der Waals surface area contributed by atoms with Gasteiger partial charge in [-0.25, -0.2) is 13.1 Å². The van der Waals surface area contributed by atoms with Gasteiger partial charge in [-0.05, 0) is 67.4 Å². The Labute approximate surface area is 174 Å². The number of nitrogens with one attached hydrogen (secondary N) is 2. The summed E-state index contributed by atoms with van der Waals surface area (Å²) in [4.78, 5) is 12.6. The summed E-state index contributed by atoms with van der Waals surface area (Å²) >= 11 is 0. The first-order chi connectivity index (χ1) is 14.5. The Bertz CT molecular complexity index is 1170. The molecule has 0 atom stereocenters. The monoisotopic (exact) mass is 420 g/mol. The fourth-order valence-electron chi connectivity index (χ4n) is 2.72. The van der Waals surface area contributed by atoms with E-state index in [-0.39, 0.29) is 16.5 Å². The van der Waals surface area contributed by atoms with Crippen molar-refractivity contribution in [1.29, 1.82) is 0 Å². The summed E-state index contributed by atoms with van der Waals surface area (Å²) in [5.74, 6) is -0.392. The van der Waals surface area contributed by atoms with Gasteiger partial charge < -0.3 is 5.32 Å². The predicted molar refractivity (Wildman–Crippen MR) is 115 cm³/mol. The van der Waals surface area contributed by atoms with Crippen LogP contribution in [0.5, 0.6) is 0 Å². The third-order valence-corrected chi connectivity index (χ3v) is 5.99. The van der Waals surface area contributed by atoms with Gasteiger partial charge in [-0.1, -0.05) is 24.3 Å². The number of rotatable bonds is 7. The molecule has 8 heteroatoms. The minimum atomic E-state index is -3.61. The summed E-state index contributed by atoms with van der Waals surface area (Å²) in [6, 6.07) is 22.3. The Morgan fingerprint density at radius 3 is 2.17 bits per heavy atom. The van der Waals surface area contributed by atoms with Crippen molar-refractivity contribution in [3.63, 3.8) is 0 Å². The number of hydrogen-bond donors (Lipinski definition) is 2. The van der Waals surface area contributed by atoms with Gasteiger partial charge in [-0.3, -0.25) is 4.79 Å². The zero-order chi connectivity index (χ0) is 21.0. The SMILES string of the molecule is O=C(Nc1ccc(N=Nc2ccccc2)cc1)c1cccc(S(=O)(=O)NC2CC2)c1. The zero-order valence-corrected chi connectivity index (χ0v) is 16.8. The van der Waals surface area contributed by atoms with E-state index in [0.717, 1.165) is 18.5 Å². The third-order valence-electron chi connectivity index (χ3n) is 4.47. The van der Waals surface area contributed by atoms with Crippen molar-refractivity contribution in [2.24, 2.45) is 10.2 Å². The second-order valence-electron chi connectivity index (χ2n) is 6.96. The molecule has 0 heterocycles. The molecule has 3 aromatic carbocycles. The Kier molecular flexibility index (Phi) is 5.69. The van der Waals surface area contributed by atoms with Crippen LogP contribution in [0, 0.1) is 0 Å². The van der Waals surface area contributed by atoms with E-state index in [2.05, 4.69) is 20.3 Å². The Balaban J connectivity index is 1.42. The van der Waals surface area contributed by atoms with Crippen LogP contribution in [0.1, 0.15) is 23.2 Å². The Hall–Kier alpha value is -3.36. The van der Waals surface area contributed by atoms with Crippen molar-refractivity contribution < 1.29 is 13.2 Å². The van der Waals surface area contributed by atoms with Crippen molar-refractivity contribution in [3.8, 4) is 0 Å². The number of anilines is 1. The molecular formula is C22H20N4O3S. The molecule has 1 saturated carbocycles. The molecule has 0 radical (unpaired) electrons. The summed E-state index contributed by atoms with van der Waals surface area (Å²) < 4.78 is 27.3. The van der Waals surface area contributed by atoms with Crippen LogP contribution in [-0.2, 0) is 10.0 Å². The molecule has 30 heavy (non-hydrogen) atoms. The lowest BCUT2D eigenvalue weighted by molar-refractivity contribution is 0.102. The van der Waals surface area contributed by atoms with Crippen molar-refractivity contribution in [1.82, 2.24) is 4.72 Å². The number of carbonyl (C=O) groups is 1. The van der Waals surface area contributed by atoms with E-state index in [0.29, 0.717) is 11.4 Å². The molecule has 1 aliphatic rings. The molecule has 0 spiro atoms. The van der Waals surface area contributed by atoms with Gasteiger partial charge in [-0.2, -0.15) is 10.2 Å². The van der Waals surface area contributed by atoms with Gasteiger partial charge >= 0.3 is 0 Å².